The van der Waals surface area contributed by atoms with Gasteiger partial charge >= 0.3 is 5.97 Å². The van der Waals surface area contributed by atoms with Crippen LogP contribution >= 0.6 is 0 Å². The average molecular weight is 179 g/mol. The van der Waals surface area contributed by atoms with Crippen molar-refractivity contribution >= 4 is 59.2 Å². The van der Waals surface area contributed by atoms with Crippen molar-refractivity contribution in [1.82, 2.24) is 0 Å². The summed E-state index contributed by atoms with van der Waals surface area (Å²) in [5, 5.41) is 8.69. The third-order valence-corrected chi connectivity index (χ3v) is 1.81. The van der Waals surface area contributed by atoms with Gasteiger partial charge in [-0.25, -0.2) is 9.18 Å². The van der Waals surface area contributed by atoms with Crippen LogP contribution in [0.25, 0.3) is 0 Å². The molecular weight excluding hydrogens is 178 g/mol. The lowest BCUT2D eigenvalue weighted by molar-refractivity contribution is 0.0700. The maximum atomic E-state index is 13.1. The molecule has 0 aliphatic rings. The second-order valence-electron chi connectivity index (χ2n) is 2.65. The maximum Gasteiger partial charge on any atom is 0.334 e. The fraction of sp³-hybridized carbons (Fsp3) is 0. The summed E-state index contributed by atoms with van der Waals surface area (Å²) in [5.41, 5.74) is -2.31. The lowest BCUT2D eigenvalue weighted by atomic mass is 9.67. The normalized spacial score (nSPS) is 10.1. The first-order valence-electron chi connectivity index (χ1n) is 3.52. The van der Waals surface area contributed by atoms with Crippen LogP contribution in [0.3, 0.4) is 0 Å². The van der Waals surface area contributed by atoms with Crippen molar-refractivity contribution in [1.29, 1.82) is 0 Å². The Morgan fingerprint density at radius 1 is 1.00 bits per heavy atom. The summed E-state index contributed by atoms with van der Waals surface area (Å²) in [6, 6.07) is 0. The van der Waals surface area contributed by atoms with Crippen LogP contribution in [-0.2, 0) is 0 Å². The molecule has 0 aliphatic heterocycles. The SMILES string of the molecule is [B]c1c([B])c(C(=O)O)c([B])c([B])c1F. The van der Waals surface area contributed by atoms with E-state index in [2.05, 4.69) is 0 Å². The van der Waals surface area contributed by atoms with Gasteiger partial charge in [0.25, 0.3) is 0 Å². The van der Waals surface area contributed by atoms with Gasteiger partial charge in [-0.2, -0.15) is 0 Å². The number of hydrogen-bond donors (Lipinski definition) is 1. The van der Waals surface area contributed by atoms with Crippen LogP contribution in [0.2, 0.25) is 0 Å². The Balaban J connectivity index is 3.68. The van der Waals surface area contributed by atoms with Gasteiger partial charge in [0.05, 0.1) is 0 Å². The molecule has 0 aliphatic carbocycles. The van der Waals surface area contributed by atoms with Gasteiger partial charge in [-0.1, -0.05) is 21.9 Å². The number of aromatic carboxylic acids is 1. The summed E-state index contributed by atoms with van der Waals surface area (Å²) in [6.45, 7) is 0. The standard InChI is InChI=1S/C7HB4FO2/c8-2-1(7(13)14)3(9)5(11)6(12)4(2)10/h(H,13,14). The van der Waals surface area contributed by atoms with Gasteiger partial charge in [-0.3, -0.25) is 0 Å². The van der Waals surface area contributed by atoms with Crippen molar-refractivity contribution in [2.45, 2.75) is 0 Å². The highest BCUT2D eigenvalue weighted by Crippen LogP contribution is 1.90. The van der Waals surface area contributed by atoms with E-state index < -0.39 is 39.2 Å². The predicted molar refractivity (Wildman–Crippen MR) is 54.9 cm³/mol. The molecule has 60 valence electrons. The van der Waals surface area contributed by atoms with Crippen molar-refractivity contribution in [3.63, 3.8) is 0 Å². The molecule has 0 spiro atoms. The summed E-state index contributed by atoms with van der Waals surface area (Å²) in [7, 11) is 20.9. The number of carboxylic acid groups (broad SMARTS) is 1. The molecule has 7 heteroatoms. The van der Waals surface area contributed by atoms with Gasteiger partial charge in [0.15, 0.2) is 0 Å². The lowest BCUT2D eigenvalue weighted by Gasteiger charge is -2.14. The minimum atomic E-state index is -1.40. The number of benzene rings is 1. The Morgan fingerprint density at radius 2 is 1.36 bits per heavy atom. The number of carboxylic acids is 1. The summed E-state index contributed by atoms with van der Waals surface area (Å²) < 4.78 is 13.1. The van der Waals surface area contributed by atoms with Crippen LogP contribution < -0.4 is 21.9 Å². The summed E-state index contributed by atoms with van der Waals surface area (Å²) >= 11 is 0. The van der Waals surface area contributed by atoms with Gasteiger partial charge in [0, 0.05) is 5.56 Å². The van der Waals surface area contributed by atoms with Crippen molar-refractivity contribution < 1.29 is 14.3 Å². The van der Waals surface area contributed by atoms with Crippen molar-refractivity contribution in [3.8, 4) is 0 Å². The van der Waals surface area contributed by atoms with Gasteiger partial charge < -0.3 is 5.11 Å². The summed E-state index contributed by atoms with van der Waals surface area (Å²) in [5.74, 6) is -2.40. The molecule has 1 aromatic rings. The Kier molecular flexibility index (Phi) is 2.78. The fourth-order valence-electron chi connectivity index (χ4n) is 1.03. The van der Waals surface area contributed by atoms with E-state index in [1.165, 1.54) is 0 Å². The zero-order chi connectivity index (χ0) is 11.0. The molecule has 2 nitrogen and oxygen atoms in total. The topological polar surface area (TPSA) is 37.3 Å². The fourth-order valence-corrected chi connectivity index (χ4v) is 1.03. The monoisotopic (exact) mass is 180 g/mol. The Hall–Kier alpha value is -1.12. The predicted octanol–water partition coefficient (Wildman–Crippen LogP) is -3.30. The molecule has 0 bridgehead atoms. The van der Waals surface area contributed by atoms with Crippen LogP contribution in [0, 0.1) is 5.82 Å². The summed E-state index contributed by atoms with van der Waals surface area (Å²) in [4.78, 5) is 10.7. The first-order chi connectivity index (χ1) is 6.37. The molecule has 0 fully saturated rings. The molecule has 0 amide bonds. The van der Waals surface area contributed by atoms with Crippen LogP contribution in [0.1, 0.15) is 10.4 Å². The Bertz CT molecular complexity index is 390. The van der Waals surface area contributed by atoms with Crippen LogP contribution in [0.15, 0.2) is 0 Å². The van der Waals surface area contributed by atoms with Gasteiger partial charge in [0.2, 0.25) is 0 Å². The highest BCUT2D eigenvalue weighted by Gasteiger charge is 2.16. The van der Waals surface area contributed by atoms with E-state index >= 15 is 0 Å². The highest BCUT2D eigenvalue weighted by atomic mass is 19.1. The molecule has 1 aromatic carbocycles. The van der Waals surface area contributed by atoms with E-state index in [4.69, 9.17) is 36.5 Å². The van der Waals surface area contributed by atoms with Crippen LogP contribution in [-0.4, -0.2) is 42.5 Å². The third kappa shape index (κ3) is 1.47. The molecular formula is C7HB4FO2. The van der Waals surface area contributed by atoms with E-state index in [0.717, 1.165) is 0 Å². The Morgan fingerprint density at radius 3 is 1.64 bits per heavy atom. The second-order valence-corrected chi connectivity index (χ2v) is 2.65. The van der Waals surface area contributed by atoms with Crippen molar-refractivity contribution in [2.24, 2.45) is 0 Å². The number of carbonyl (C=O) groups is 1. The first-order valence-corrected chi connectivity index (χ1v) is 3.52. The molecule has 8 radical (unpaired) electrons. The number of hydrogen-bond acceptors (Lipinski definition) is 1. The van der Waals surface area contributed by atoms with Crippen molar-refractivity contribution in [2.75, 3.05) is 0 Å². The molecule has 0 heterocycles. The zero-order valence-electron chi connectivity index (χ0n) is 7.04. The van der Waals surface area contributed by atoms with E-state index in [9.17, 15) is 9.18 Å². The Labute approximate surface area is 85.5 Å². The number of halogens is 1. The smallest absolute Gasteiger partial charge is 0.334 e. The van der Waals surface area contributed by atoms with Gasteiger partial charge in [-0.15, -0.1) is 0 Å². The largest absolute Gasteiger partial charge is 0.478 e. The van der Waals surface area contributed by atoms with Crippen LogP contribution in [0.4, 0.5) is 4.39 Å². The second kappa shape index (κ2) is 3.56. The summed E-state index contributed by atoms with van der Waals surface area (Å²) in [6.07, 6.45) is 0. The van der Waals surface area contributed by atoms with Crippen LogP contribution in [0.5, 0.6) is 0 Å². The van der Waals surface area contributed by atoms with E-state index in [0.29, 0.717) is 0 Å². The molecule has 1 N–H and O–H groups in total. The quantitative estimate of drug-likeness (QED) is 0.459. The molecule has 1 rings (SSSR count). The molecule has 14 heavy (non-hydrogen) atoms. The molecule has 0 unspecified atom stereocenters. The minimum Gasteiger partial charge on any atom is -0.478 e. The van der Waals surface area contributed by atoms with Crippen molar-refractivity contribution in [3.05, 3.63) is 11.4 Å². The minimum absolute atomic E-state index is 0.415. The molecule has 0 aromatic heterocycles. The average Bonchev–Trinajstić information content (AvgIpc) is 2.11. The molecule has 0 saturated carbocycles. The number of rotatable bonds is 1. The third-order valence-electron chi connectivity index (χ3n) is 1.81. The maximum absolute atomic E-state index is 13.1. The van der Waals surface area contributed by atoms with Gasteiger partial charge in [-0.05, 0) is 0 Å². The molecule has 0 atom stereocenters. The first kappa shape index (κ1) is 11.0. The van der Waals surface area contributed by atoms with E-state index in [-0.39, 0.29) is 0 Å². The lowest BCUT2D eigenvalue weighted by Crippen LogP contribution is -2.48. The molecule has 0 saturated heterocycles. The van der Waals surface area contributed by atoms with E-state index in [1.54, 1.807) is 0 Å². The van der Waals surface area contributed by atoms with E-state index in [1.807, 2.05) is 0 Å². The van der Waals surface area contributed by atoms with Gasteiger partial charge in [0.1, 0.15) is 37.2 Å². The zero-order valence-corrected chi connectivity index (χ0v) is 7.04. The highest BCUT2D eigenvalue weighted by molar-refractivity contribution is 6.59.